The number of nitrogens with two attached hydrogens (primary N) is 1. The van der Waals surface area contributed by atoms with Crippen molar-refractivity contribution in [2.24, 2.45) is 0 Å². The van der Waals surface area contributed by atoms with E-state index in [1.807, 2.05) is 0 Å². The summed E-state index contributed by atoms with van der Waals surface area (Å²) in [5.41, 5.74) is 6.83. The number of carbonyl (C=O) groups is 1. The minimum absolute atomic E-state index is 0.149. The lowest BCUT2D eigenvalue weighted by Gasteiger charge is -2.08. The first-order valence-electron chi connectivity index (χ1n) is 5.84. The summed E-state index contributed by atoms with van der Waals surface area (Å²) in [6.07, 6.45) is 1.11. The molecule has 6 heteroatoms. The fourth-order valence-corrected chi connectivity index (χ4v) is 2.37. The van der Waals surface area contributed by atoms with Crippen molar-refractivity contribution in [3.05, 3.63) is 54.1 Å². The molecule has 0 bridgehead atoms. The number of nitrogens with one attached hydrogen (secondary N) is 1. The van der Waals surface area contributed by atoms with Crippen LogP contribution in [0.3, 0.4) is 0 Å². The Kier molecular flexibility index (Phi) is 3.76. The van der Waals surface area contributed by atoms with Crippen LogP contribution in [0.25, 0.3) is 0 Å². The van der Waals surface area contributed by atoms with Crippen LogP contribution < -0.4 is 11.1 Å². The number of anilines is 2. The van der Waals surface area contributed by atoms with Gasteiger partial charge in [0.05, 0.1) is 10.5 Å². The molecule has 0 aliphatic rings. The van der Waals surface area contributed by atoms with E-state index in [1.54, 1.807) is 36.4 Å². The highest BCUT2D eigenvalue weighted by molar-refractivity contribution is 7.90. The van der Waals surface area contributed by atoms with Crippen molar-refractivity contribution in [1.29, 1.82) is 0 Å². The lowest BCUT2D eigenvalue weighted by molar-refractivity contribution is 0.102. The molecule has 104 valence electrons. The van der Waals surface area contributed by atoms with E-state index < -0.39 is 9.84 Å². The van der Waals surface area contributed by atoms with Gasteiger partial charge in [-0.3, -0.25) is 4.79 Å². The van der Waals surface area contributed by atoms with Gasteiger partial charge in [0.2, 0.25) is 0 Å². The molecule has 0 unspecified atom stereocenters. The van der Waals surface area contributed by atoms with Crippen LogP contribution in [0.1, 0.15) is 10.4 Å². The summed E-state index contributed by atoms with van der Waals surface area (Å²) < 4.78 is 22.9. The molecule has 0 radical (unpaired) electrons. The van der Waals surface area contributed by atoms with Crippen molar-refractivity contribution < 1.29 is 13.2 Å². The average molecular weight is 290 g/mol. The van der Waals surface area contributed by atoms with Crippen molar-refractivity contribution in [2.45, 2.75) is 4.90 Å². The van der Waals surface area contributed by atoms with Gasteiger partial charge < -0.3 is 11.1 Å². The maximum absolute atomic E-state index is 12.1. The number of carbonyl (C=O) groups excluding carboxylic acids is 1. The second kappa shape index (κ2) is 5.34. The Balaban J connectivity index is 2.27. The first kappa shape index (κ1) is 14.1. The van der Waals surface area contributed by atoms with E-state index in [9.17, 15) is 13.2 Å². The molecule has 1 amide bonds. The normalized spacial score (nSPS) is 11.1. The number of amides is 1. The highest BCUT2D eigenvalue weighted by Gasteiger charge is 2.11. The van der Waals surface area contributed by atoms with Gasteiger partial charge in [-0.15, -0.1) is 0 Å². The van der Waals surface area contributed by atoms with Crippen molar-refractivity contribution in [2.75, 3.05) is 17.3 Å². The summed E-state index contributed by atoms with van der Waals surface area (Å²) in [5, 5.41) is 2.63. The number of nitrogen functional groups attached to an aromatic ring is 1. The molecular weight excluding hydrogens is 276 g/mol. The van der Waals surface area contributed by atoms with E-state index in [-0.39, 0.29) is 10.8 Å². The van der Waals surface area contributed by atoms with Crippen LogP contribution >= 0.6 is 0 Å². The molecule has 0 saturated carbocycles. The van der Waals surface area contributed by atoms with Crippen LogP contribution in [-0.4, -0.2) is 20.6 Å². The molecule has 2 aromatic rings. The van der Waals surface area contributed by atoms with Gasteiger partial charge in [0.15, 0.2) is 9.84 Å². The number of hydrogen-bond donors (Lipinski definition) is 2. The van der Waals surface area contributed by atoms with E-state index in [0.717, 1.165) is 6.26 Å². The number of para-hydroxylation sites is 1. The van der Waals surface area contributed by atoms with Crippen molar-refractivity contribution in [1.82, 2.24) is 0 Å². The molecule has 2 rings (SSSR count). The van der Waals surface area contributed by atoms with Gasteiger partial charge >= 0.3 is 0 Å². The molecule has 0 atom stereocenters. The van der Waals surface area contributed by atoms with Crippen LogP contribution in [-0.2, 0) is 9.84 Å². The van der Waals surface area contributed by atoms with Crippen molar-refractivity contribution in [3.8, 4) is 0 Å². The predicted octanol–water partition coefficient (Wildman–Crippen LogP) is 1.92. The van der Waals surface area contributed by atoms with Gasteiger partial charge in [-0.1, -0.05) is 18.2 Å². The van der Waals surface area contributed by atoms with Gasteiger partial charge in [-0.05, 0) is 30.3 Å². The van der Waals surface area contributed by atoms with Crippen LogP contribution in [0.15, 0.2) is 53.4 Å². The Hall–Kier alpha value is -2.34. The molecule has 0 spiro atoms. The Morgan fingerprint density at radius 3 is 2.45 bits per heavy atom. The molecule has 0 aliphatic heterocycles. The molecule has 0 fully saturated rings. The van der Waals surface area contributed by atoms with Crippen LogP contribution in [0, 0.1) is 0 Å². The molecular formula is C14H14N2O3S. The van der Waals surface area contributed by atoms with Gasteiger partial charge in [-0.2, -0.15) is 0 Å². The third-order valence-electron chi connectivity index (χ3n) is 2.73. The Morgan fingerprint density at radius 1 is 1.10 bits per heavy atom. The topological polar surface area (TPSA) is 89.3 Å². The first-order valence-corrected chi connectivity index (χ1v) is 7.73. The van der Waals surface area contributed by atoms with E-state index in [0.29, 0.717) is 16.9 Å². The van der Waals surface area contributed by atoms with Crippen molar-refractivity contribution in [3.63, 3.8) is 0 Å². The van der Waals surface area contributed by atoms with Gasteiger partial charge in [0.1, 0.15) is 0 Å². The predicted molar refractivity (Wildman–Crippen MR) is 78.4 cm³/mol. The standard InChI is InChI=1S/C14H14N2O3S/c1-20(18,19)11-6-4-5-10(9-11)16-14(17)12-7-2-3-8-13(12)15/h2-9H,15H2,1H3,(H,16,17). The third kappa shape index (κ3) is 3.16. The molecule has 0 aromatic heterocycles. The number of hydrogen-bond acceptors (Lipinski definition) is 4. The highest BCUT2D eigenvalue weighted by atomic mass is 32.2. The zero-order chi connectivity index (χ0) is 14.8. The summed E-state index contributed by atoms with van der Waals surface area (Å²) in [7, 11) is -3.31. The maximum atomic E-state index is 12.1. The molecule has 0 aliphatic carbocycles. The lowest BCUT2D eigenvalue weighted by Crippen LogP contribution is -2.14. The van der Waals surface area contributed by atoms with E-state index in [4.69, 9.17) is 5.73 Å². The molecule has 0 saturated heterocycles. The largest absolute Gasteiger partial charge is 0.398 e. The SMILES string of the molecule is CS(=O)(=O)c1cccc(NC(=O)c2ccccc2N)c1. The number of benzene rings is 2. The molecule has 0 heterocycles. The molecule has 5 nitrogen and oxygen atoms in total. The Morgan fingerprint density at radius 2 is 1.80 bits per heavy atom. The Bertz CT molecular complexity index is 755. The minimum atomic E-state index is -3.31. The first-order chi connectivity index (χ1) is 9.38. The summed E-state index contributed by atoms with van der Waals surface area (Å²) in [6.45, 7) is 0. The fraction of sp³-hybridized carbons (Fsp3) is 0.0714. The van der Waals surface area contributed by atoms with Gasteiger partial charge in [0, 0.05) is 17.6 Å². The summed E-state index contributed by atoms with van der Waals surface area (Å²) in [4.78, 5) is 12.2. The highest BCUT2D eigenvalue weighted by Crippen LogP contribution is 2.17. The lowest BCUT2D eigenvalue weighted by atomic mass is 10.1. The second-order valence-electron chi connectivity index (χ2n) is 4.34. The van der Waals surface area contributed by atoms with Gasteiger partial charge in [0.25, 0.3) is 5.91 Å². The zero-order valence-corrected chi connectivity index (χ0v) is 11.6. The van der Waals surface area contributed by atoms with Crippen molar-refractivity contribution >= 4 is 27.1 Å². The van der Waals surface area contributed by atoms with Crippen LogP contribution in [0.2, 0.25) is 0 Å². The summed E-state index contributed by atoms with van der Waals surface area (Å²) >= 11 is 0. The number of sulfone groups is 1. The fourth-order valence-electron chi connectivity index (χ4n) is 1.71. The quantitative estimate of drug-likeness (QED) is 0.845. The molecule has 3 N–H and O–H groups in total. The monoisotopic (exact) mass is 290 g/mol. The van der Waals surface area contributed by atoms with E-state index in [2.05, 4.69) is 5.32 Å². The smallest absolute Gasteiger partial charge is 0.257 e. The van der Waals surface area contributed by atoms with E-state index in [1.165, 1.54) is 12.1 Å². The summed E-state index contributed by atoms with van der Waals surface area (Å²) in [6, 6.07) is 12.7. The molecule has 20 heavy (non-hydrogen) atoms. The van der Waals surface area contributed by atoms with Crippen LogP contribution in [0.4, 0.5) is 11.4 Å². The Labute approximate surface area is 117 Å². The summed E-state index contributed by atoms with van der Waals surface area (Å²) in [5.74, 6) is -0.381. The van der Waals surface area contributed by atoms with Crippen LogP contribution in [0.5, 0.6) is 0 Å². The second-order valence-corrected chi connectivity index (χ2v) is 6.36. The number of rotatable bonds is 3. The maximum Gasteiger partial charge on any atom is 0.257 e. The van der Waals surface area contributed by atoms with Gasteiger partial charge in [-0.25, -0.2) is 8.42 Å². The van der Waals surface area contributed by atoms with E-state index >= 15 is 0 Å². The third-order valence-corrected chi connectivity index (χ3v) is 3.84. The average Bonchev–Trinajstić information content (AvgIpc) is 2.38. The molecule has 2 aromatic carbocycles. The minimum Gasteiger partial charge on any atom is -0.398 e. The zero-order valence-electron chi connectivity index (χ0n) is 10.8.